The summed E-state index contributed by atoms with van der Waals surface area (Å²) in [4.78, 5) is 10.8. The molecule has 3 aromatic rings. The summed E-state index contributed by atoms with van der Waals surface area (Å²) in [6.07, 6.45) is 1.54. The molecular weight excluding hydrogens is 250 g/mol. The Kier molecular flexibility index (Phi) is 2.49. The molecule has 19 heavy (non-hydrogen) atoms. The zero-order valence-electron chi connectivity index (χ0n) is 9.91. The van der Waals surface area contributed by atoms with Gasteiger partial charge in [-0.05, 0) is 18.2 Å². The van der Waals surface area contributed by atoms with Gasteiger partial charge in [-0.15, -0.1) is 0 Å². The predicted octanol–water partition coefficient (Wildman–Crippen LogP) is 2.79. The Balaban J connectivity index is 2.19. The smallest absolute Gasteiger partial charge is 0.374 e. The molecule has 96 valence electrons. The maximum Gasteiger partial charge on any atom is 0.374 e. The minimum atomic E-state index is -1.16. The van der Waals surface area contributed by atoms with E-state index in [1.165, 1.54) is 12.3 Å². The first kappa shape index (κ1) is 11.3. The molecule has 0 aliphatic rings. The van der Waals surface area contributed by atoms with Gasteiger partial charge in [-0.3, -0.25) is 0 Å². The van der Waals surface area contributed by atoms with Crippen LogP contribution in [0.1, 0.15) is 10.6 Å². The molecule has 0 saturated heterocycles. The fraction of sp³-hybridized carbons (Fsp3) is 0.0769. The number of fused-ring (bicyclic) bond motifs is 1. The van der Waals surface area contributed by atoms with Crippen LogP contribution in [0.25, 0.3) is 22.2 Å². The predicted molar refractivity (Wildman–Crippen MR) is 65.2 cm³/mol. The highest BCUT2D eigenvalue weighted by Gasteiger charge is 2.16. The van der Waals surface area contributed by atoms with Crippen LogP contribution in [-0.4, -0.2) is 23.3 Å². The number of rotatable bonds is 3. The maximum atomic E-state index is 10.8. The third kappa shape index (κ3) is 1.74. The van der Waals surface area contributed by atoms with Crippen molar-refractivity contribution in [3.05, 3.63) is 36.3 Å². The van der Waals surface area contributed by atoms with E-state index in [-0.39, 0.29) is 5.76 Å². The van der Waals surface area contributed by atoms with Crippen LogP contribution in [0.5, 0.6) is 5.75 Å². The number of hydrogen-bond acceptors (Lipinski definition) is 5. The summed E-state index contributed by atoms with van der Waals surface area (Å²) in [5.74, 6) is -0.760. The Labute approximate surface area is 107 Å². The van der Waals surface area contributed by atoms with Crippen molar-refractivity contribution in [2.45, 2.75) is 0 Å². The van der Waals surface area contributed by atoms with Crippen LogP contribution in [0.2, 0.25) is 0 Å². The first-order valence-electron chi connectivity index (χ1n) is 5.45. The fourth-order valence-electron chi connectivity index (χ4n) is 1.92. The lowest BCUT2D eigenvalue weighted by Crippen LogP contribution is -1.91. The van der Waals surface area contributed by atoms with Crippen molar-refractivity contribution in [2.75, 3.05) is 7.11 Å². The largest absolute Gasteiger partial charge is 0.493 e. The lowest BCUT2D eigenvalue weighted by molar-refractivity contribution is 0.0652. The summed E-state index contributed by atoms with van der Waals surface area (Å²) in [6.45, 7) is 0. The third-order valence-corrected chi connectivity index (χ3v) is 2.80. The van der Waals surface area contributed by atoms with E-state index in [0.29, 0.717) is 17.0 Å². The van der Waals surface area contributed by atoms with Crippen LogP contribution >= 0.6 is 0 Å². The van der Waals surface area contributed by atoms with Crippen LogP contribution < -0.4 is 4.74 Å². The number of ether oxygens (including phenoxy) is 1. The van der Waals surface area contributed by atoms with Crippen molar-refractivity contribution < 1.29 is 23.6 Å². The van der Waals surface area contributed by atoms with Crippen molar-refractivity contribution in [3.63, 3.8) is 0 Å². The van der Waals surface area contributed by atoms with E-state index in [4.69, 9.17) is 18.8 Å². The zero-order chi connectivity index (χ0) is 13.4. The van der Waals surface area contributed by atoms with Gasteiger partial charge in [0.25, 0.3) is 0 Å². The summed E-state index contributed by atoms with van der Waals surface area (Å²) in [5, 5.41) is 13.4. The van der Waals surface area contributed by atoms with Gasteiger partial charge in [0.2, 0.25) is 5.76 Å². The van der Waals surface area contributed by atoms with Gasteiger partial charge >= 0.3 is 5.97 Å². The standard InChI is InChI=1S/C13H9NO5/c1-17-10-3-2-7(8-4-5-18-12(8)10)9-6-11(13(15)16)19-14-9/h2-6H,1H3,(H,15,16). The number of benzene rings is 1. The van der Waals surface area contributed by atoms with Gasteiger partial charge in [0.05, 0.1) is 13.4 Å². The van der Waals surface area contributed by atoms with Crippen LogP contribution in [0.15, 0.2) is 39.5 Å². The molecule has 0 spiro atoms. The SMILES string of the molecule is COc1ccc(-c2cc(C(=O)O)on2)c2ccoc12. The molecule has 0 fully saturated rings. The molecule has 0 aliphatic carbocycles. The quantitative estimate of drug-likeness (QED) is 0.778. The van der Waals surface area contributed by atoms with E-state index in [0.717, 1.165) is 10.9 Å². The molecule has 0 amide bonds. The Bertz CT molecular complexity index is 755. The van der Waals surface area contributed by atoms with Gasteiger partial charge in [0.15, 0.2) is 11.3 Å². The lowest BCUT2D eigenvalue weighted by Gasteiger charge is -2.03. The van der Waals surface area contributed by atoms with E-state index in [9.17, 15) is 4.79 Å². The average Bonchev–Trinajstić information content (AvgIpc) is 3.06. The molecule has 2 aromatic heterocycles. The molecule has 2 heterocycles. The number of furan rings is 1. The van der Waals surface area contributed by atoms with E-state index in [2.05, 4.69) is 5.16 Å². The minimum Gasteiger partial charge on any atom is -0.493 e. The summed E-state index contributed by atoms with van der Waals surface area (Å²) in [5.41, 5.74) is 1.74. The number of aromatic carboxylic acids is 1. The molecule has 1 aromatic carbocycles. The Morgan fingerprint density at radius 1 is 1.37 bits per heavy atom. The highest BCUT2D eigenvalue weighted by molar-refractivity contribution is 5.97. The number of aromatic nitrogens is 1. The van der Waals surface area contributed by atoms with Crippen molar-refractivity contribution >= 4 is 16.9 Å². The van der Waals surface area contributed by atoms with Gasteiger partial charge in [0.1, 0.15) is 5.69 Å². The molecule has 6 heteroatoms. The summed E-state index contributed by atoms with van der Waals surface area (Å²) in [7, 11) is 1.55. The fourth-order valence-corrected chi connectivity index (χ4v) is 1.92. The molecule has 0 bridgehead atoms. The second-order valence-corrected chi connectivity index (χ2v) is 3.86. The number of hydrogen-bond donors (Lipinski definition) is 1. The number of carbonyl (C=O) groups is 1. The molecule has 1 N–H and O–H groups in total. The first-order chi connectivity index (χ1) is 9.20. The van der Waals surface area contributed by atoms with Gasteiger partial charge in [0, 0.05) is 17.0 Å². The Morgan fingerprint density at radius 2 is 2.21 bits per heavy atom. The summed E-state index contributed by atoms with van der Waals surface area (Å²) in [6, 6.07) is 6.65. The molecule has 0 unspecified atom stereocenters. The van der Waals surface area contributed by atoms with Gasteiger partial charge in [-0.2, -0.15) is 0 Å². The number of methoxy groups -OCH3 is 1. The first-order valence-corrected chi connectivity index (χ1v) is 5.45. The Hall–Kier alpha value is -2.76. The number of carboxylic acid groups (broad SMARTS) is 1. The van der Waals surface area contributed by atoms with Gasteiger partial charge < -0.3 is 18.8 Å². The van der Waals surface area contributed by atoms with Crippen molar-refractivity contribution in [1.29, 1.82) is 0 Å². The van der Waals surface area contributed by atoms with E-state index in [1.807, 2.05) is 0 Å². The minimum absolute atomic E-state index is 0.206. The average molecular weight is 259 g/mol. The van der Waals surface area contributed by atoms with Crippen LogP contribution in [0, 0.1) is 0 Å². The normalized spacial score (nSPS) is 10.8. The molecular formula is C13H9NO5. The lowest BCUT2D eigenvalue weighted by atomic mass is 10.1. The van der Waals surface area contributed by atoms with Gasteiger partial charge in [-0.1, -0.05) is 5.16 Å². The van der Waals surface area contributed by atoms with Crippen LogP contribution in [-0.2, 0) is 0 Å². The Morgan fingerprint density at radius 3 is 2.89 bits per heavy atom. The number of carboxylic acids is 1. The highest BCUT2D eigenvalue weighted by atomic mass is 16.5. The molecule has 0 atom stereocenters. The third-order valence-electron chi connectivity index (χ3n) is 2.80. The van der Waals surface area contributed by atoms with E-state index < -0.39 is 5.97 Å². The van der Waals surface area contributed by atoms with Crippen molar-refractivity contribution in [1.82, 2.24) is 5.16 Å². The van der Waals surface area contributed by atoms with Crippen molar-refractivity contribution in [2.24, 2.45) is 0 Å². The van der Waals surface area contributed by atoms with Gasteiger partial charge in [-0.25, -0.2) is 4.79 Å². The molecule has 0 aliphatic heterocycles. The molecule has 3 rings (SSSR count). The topological polar surface area (TPSA) is 85.7 Å². The molecule has 6 nitrogen and oxygen atoms in total. The van der Waals surface area contributed by atoms with E-state index in [1.54, 1.807) is 25.3 Å². The molecule has 0 saturated carbocycles. The van der Waals surface area contributed by atoms with Crippen LogP contribution in [0.3, 0.4) is 0 Å². The van der Waals surface area contributed by atoms with Crippen molar-refractivity contribution in [3.8, 4) is 17.0 Å². The summed E-state index contributed by atoms with van der Waals surface area (Å²) >= 11 is 0. The second kappa shape index (κ2) is 4.16. The monoisotopic (exact) mass is 259 g/mol. The van der Waals surface area contributed by atoms with Crippen LogP contribution in [0.4, 0.5) is 0 Å². The zero-order valence-corrected chi connectivity index (χ0v) is 9.91. The second-order valence-electron chi connectivity index (χ2n) is 3.86. The summed E-state index contributed by atoms with van der Waals surface area (Å²) < 4.78 is 15.3. The molecule has 0 radical (unpaired) electrons. The van der Waals surface area contributed by atoms with E-state index >= 15 is 0 Å². The highest BCUT2D eigenvalue weighted by Crippen LogP contribution is 2.34. The maximum absolute atomic E-state index is 10.8. The number of nitrogens with zero attached hydrogens (tertiary/aromatic N) is 1.